The van der Waals surface area contributed by atoms with Crippen molar-refractivity contribution in [3.63, 3.8) is 0 Å². The summed E-state index contributed by atoms with van der Waals surface area (Å²) in [6.07, 6.45) is 3.55. The number of rotatable bonds is 15. The number of urea groups is 1. The maximum atomic E-state index is 14.1. The molecule has 2 aliphatic carbocycles. The smallest absolute Gasteiger partial charge is 0.325 e. The molecule has 3 N–H and O–H groups in total. The summed E-state index contributed by atoms with van der Waals surface area (Å²) in [7, 11) is -2.00. The van der Waals surface area contributed by atoms with Crippen LogP contribution in [0, 0.1) is 23.3 Å². The molecule has 2 saturated carbocycles. The Hall–Kier alpha value is -5.28. The Labute approximate surface area is 317 Å². The highest BCUT2D eigenvalue weighted by Crippen LogP contribution is 2.41. The molecule has 15 heteroatoms. The second-order valence-corrected chi connectivity index (χ2v) is 15.6. The van der Waals surface area contributed by atoms with E-state index in [1.807, 2.05) is 24.3 Å². The van der Waals surface area contributed by atoms with Crippen molar-refractivity contribution in [2.75, 3.05) is 23.9 Å². The minimum absolute atomic E-state index is 0.0341. The molecule has 6 rings (SSSR count). The lowest BCUT2D eigenvalue weighted by atomic mass is 10.0. The third kappa shape index (κ3) is 10.7. The minimum atomic E-state index is -4.89. The second kappa shape index (κ2) is 16.6. The number of likely N-dealkylation sites (N-methyl/N-ethyl adjacent to an activating group) is 2. The fraction of sp³-hybridized carbons (Fsp3) is 0.325. The summed E-state index contributed by atoms with van der Waals surface area (Å²) >= 11 is 0. The first-order chi connectivity index (χ1) is 26.1. The van der Waals surface area contributed by atoms with Crippen molar-refractivity contribution in [3.8, 4) is 0 Å². The number of anilines is 2. The lowest BCUT2D eigenvalue weighted by Crippen LogP contribution is -2.56. The maximum Gasteiger partial charge on any atom is 0.330 e. The molecule has 4 aromatic carbocycles. The zero-order valence-electron chi connectivity index (χ0n) is 30.2. The number of halogens is 4. The van der Waals surface area contributed by atoms with Gasteiger partial charge in [0.1, 0.15) is 35.4 Å². The van der Waals surface area contributed by atoms with Crippen molar-refractivity contribution < 1.29 is 40.4 Å². The zero-order valence-corrected chi connectivity index (χ0v) is 31.0. The summed E-state index contributed by atoms with van der Waals surface area (Å²) in [4.78, 5) is 43.4. The Morgan fingerprint density at radius 2 is 1.07 bits per heavy atom. The number of hydrogen-bond acceptors (Lipinski definition) is 5. The van der Waals surface area contributed by atoms with Gasteiger partial charge in [0.05, 0.1) is 0 Å². The van der Waals surface area contributed by atoms with Crippen LogP contribution in [0.25, 0.3) is 0 Å². The molecule has 0 heterocycles. The largest absolute Gasteiger partial charge is 0.330 e. The molecule has 10 nitrogen and oxygen atoms in total. The molecule has 2 atom stereocenters. The van der Waals surface area contributed by atoms with Crippen LogP contribution in [0.4, 0.5) is 33.7 Å². The Morgan fingerprint density at radius 1 is 0.655 bits per heavy atom. The topological polar surface area (TPSA) is 128 Å². The fourth-order valence-electron chi connectivity index (χ4n) is 6.49. The van der Waals surface area contributed by atoms with Crippen LogP contribution in [0.5, 0.6) is 0 Å². The molecule has 4 amide bonds. The summed E-state index contributed by atoms with van der Waals surface area (Å²) in [6.45, 7) is 0. The van der Waals surface area contributed by atoms with Gasteiger partial charge in [-0.1, -0.05) is 24.3 Å². The van der Waals surface area contributed by atoms with E-state index >= 15 is 0 Å². The average Bonchev–Trinajstić information content (AvgIpc) is 4.05. The third-order valence-corrected chi connectivity index (χ3v) is 10.8. The zero-order chi connectivity index (χ0) is 39.4. The van der Waals surface area contributed by atoms with Gasteiger partial charge in [-0.15, -0.1) is 0 Å². The van der Waals surface area contributed by atoms with Gasteiger partial charge in [0, 0.05) is 37.6 Å². The third-order valence-electron chi connectivity index (χ3n) is 9.75. The second-order valence-electron chi connectivity index (χ2n) is 14.1. The van der Waals surface area contributed by atoms with Gasteiger partial charge in [-0.3, -0.25) is 9.59 Å². The van der Waals surface area contributed by atoms with Crippen LogP contribution in [-0.2, 0) is 32.6 Å². The molecule has 0 spiro atoms. The molecule has 2 aliphatic rings. The monoisotopic (exact) mass is 779 g/mol. The van der Waals surface area contributed by atoms with Crippen molar-refractivity contribution in [2.45, 2.75) is 68.9 Å². The van der Waals surface area contributed by atoms with Crippen LogP contribution >= 0.6 is 0 Å². The van der Waals surface area contributed by atoms with Crippen molar-refractivity contribution in [1.82, 2.24) is 14.8 Å². The molecule has 0 aliphatic heterocycles. The first-order valence-electron chi connectivity index (χ1n) is 17.9. The number of benzene rings is 4. The first kappa shape index (κ1) is 39.4. The van der Waals surface area contributed by atoms with Crippen molar-refractivity contribution in [1.29, 1.82) is 0 Å². The Balaban J connectivity index is 1.19. The fourth-order valence-corrected chi connectivity index (χ4v) is 7.41. The number of nitrogens with zero attached hydrogens (tertiary/aromatic N) is 2. The predicted octanol–water partition coefficient (Wildman–Crippen LogP) is 6.37. The van der Waals surface area contributed by atoms with Gasteiger partial charge in [-0.05, 0) is 128 Å². The van der Waals surface area contributed by atoms with Gasteiger partial charge in [-0.25, -0.2) is 27.1 Å². The number of carbonyl (C=O) groups is 3. The summed E-state index contributed by atoms with van der Waals surface area (Å²) in [5, 5.41) is 2.36. The summed E-state index contributed by atoms with van der Waals surface area (Å²) < 4.78 is 86.9. The van der Waals surface area contributed by atoms with Crippen molar-refractivity contribution >= 4 is 39.4 Å². The van der Waals surface area contributed by atoms with Crippen LogP contribution < -0.4 is 24.6 Å². The van der Waals surface area contributed by atoms with E-state index in [1.54, 1.807) is 29.0 Å². The van der Waals surface area contributed by atoms with E-state index in [2.05, 4.69) is 10.0 Å². The summed E-state index contributed by atoms with van der Waals surface area (Å²) in [5.74, 6) is -4.06. The maximum absolute atomic E-state index is 14.1. The quantitative estimate of drug-likeness (QED) is 0.121. The van der Waals surface area contributed by atoms with Gasteiger partial charge in [-0.2, -0.15) is 13.1 Å². The Morgan fingerprint density at radius 3 is 1.51 bits per heavy atom. The molecule has 290 valence electrons. The number of amides is 4. The van der Waals surface area contributed by atoms with E-state index in [4.69, 9.17) is 0 Å². The normalized spacial score (nSPS) is 15.2. The van der Waals surface area contributed by atoms with Gasteiger partial charge >= 0.3 is 16.2 Å². The number of hydrogen-bond donors (Lipinski definition) is 3. The van der Waals surface area contributed by atoms with Gasteiger partial charge < -0.3 is 15.1 Å². The standard InChI is InChI=1S/C40H41F4N5O5S/c1-48(34-12-8-28(9-13-34)26-4-5-26)38(50)36(16-3-24-17-30(41)22-31(42)18-24)45-40(52)47-55(53,54)46-37(21-25-19-32(43)23-33(44)20-25)39(51)49(2)35-14-10-29(11-15-35)27-6-7-27/h8-15,17-20,22-23,26-27,36-37,46H,3-7,16,21H2,1-2H3,(H2,45,47,52)/t36-,37-/m0/s1. The molecule has 55 heavy (non-hydrogen) atoms. The van der Waals surface area contributed by atoms with Crippen LogP contribution in [0.15, 0.2) is 84.9 Å². The van der Waals surface area contributed by atoms with Crippen LogP contribution in [-0.4, -0.2) is 52.4 Å². The molecule has 0 aromatic heterocycles. The highest BCUT2D eigenvalue weighted by Gasteiger charge is 2.32. The molecule has 2 fully saturated rings. The summed E-state index contributed by atoms with van der Waals surface area (Å²) in [5.41, 5.74) is 3.32. The van der Waals surface area contributed by atoms with E-state index in [-0.39, 0.29) is 24.0 Å². The number of aryl methyl sites for hydroxylation is 1. The Bertz CT molecular complexity index is 2120. The molecule has 0 saturated heterocycles. The number of carbonyl (C=O) groups excluding carboxylic acids is 3. The van der Waals surface area contributed by atoms with Crippen molar-refractivity contribution in [2.24, 2.45) is 0 Å². The summed E-state index contributed by atoms with van der Waals surface area (Å²) in [6, 6.07) is 15.5. The molecule has 0 unspecified atom stereocenters. The highest BCUT2D eigenvalue weighted by molar-refractivity contribution is 7.88. The van der Waals surface area contributed by atoms with E-state index in [0.717, 1.165) is 61.1 Å². The van der Waals surface area contributed by atoms with Gasteiger partial charge in [0.15, 0.2) is 0 Å². The lowest BCUT2D eigenvalue weighted by Gasteiger charge is -2.26. The first-order valence-corrected chi connectivity index (χ1v) is 19.4. The average molecular weight is 780 g/mol. The van der Waals surface area contributed by atoms with Crippen molar-refractivity contribution in [3.05, 3.63) is 130 Å². The van der Waals surface area contributed by atoms with E-state index in [1.165, 1.54) is 23.9 Å². The SMILES string of the molecule is CN(C(=O)[C@H](CCc1cc(F)cc(F)c1)NC(=O)NS(=O)(=O)N[C@@H](Cc1cc(F)cc(F)c1)C(=O)N(C)c1ccc(C2CC2)cc1)c1ccc(C2CC2)cc1. The van der Waals surface area contributed by atoms with E-state index < -0.39 is 69.8 Å². The highest BCUT2D eigenvalue weighted by atomic mass is 32.2. The number of nitrogens with one attached hydrogen (secondary N) is 3. The van der Waals surface area contributed by atoms with Gasteiger partial charge in [0.25, 0.3) is 0 Å². The lowest BCUT2D eigenvalue weighted by molar-refractivity contribution is -0.120. The molecular formula is C40H41F4N5O5S. The van der Waals surface area contributed by atoms with Gasteiger partial charge in [0.2, 0.25) is 11.8 Å². The van der Waals surface area contributed by atoms with E-state index in [0.29, 0.717) is 35.3 Å². The van der Waals surface area contributed by atoms with Crippen LogP contribution in [0.1, 0.15) is 66.2 Å². The predicted molar refractivity (Wildman–Crippen MR) is 200 cm³/mol. The molecule has 4 aromatic rings. The van der Waals surface area contributed by atoms with Crippen LogP contribution in [0.2, 0.25) is 0 Å². The molecule has 0 radical (unpaired) electrons. The minimum Gasteiger partial charge on any atom is -0.325 e. The van der Waals surface area contributed by atoms with Crippen LogP contribution in [0.3, 0.4) is 0 Å². The molecular weight excluding hydrogens is 739 g/mol. The Kier molecular flexibility index (Phi) is 11.9. The molecule has 0 bridgehead atoms. The van der Waals surface area contributed by atoms with E-state index in [9.17, 15) is 40.4 Å².